The number of esters is 1. The number of sulfonamides is 1. The fourth-order valence-electron chi connectivity index (χ4n) is 3.44. The molecule has 1 fully saturated rings. The zero-order valence-corrected chi connectivity index (χ0v) is 17.5. The van der Waals surface area contributed by atoms with Crippen molar-refractivity contribution in [1.82, 2.24) is 8.87 Å². The number of para-hydroxylation sites is 1. The number of carbonyl (C=O) groups excluding carboxylic acids is 2. The van der Waals surface area contributed by atoms with Crippen LogP contribution in [0, 0.1) is 6.92 Å². The van der Waals surface area contributed by atoms with Crippen molar-refractivity contribution < 1.29 is 22.7 Å². The molecule has 8 nitrogen and oxygen atoms in total. The Morgan fingerprint density at radius 2 is 2.00 bits per heavy atom. The number of ether oxygens (including phenoxy) is 1. The van der Waals surface area contributed by atoms with Crippen molar-refractivity contribution >= 4 is 27.6 Å². The van der Waals surface area contributed by atoms with Gasteiger partial charge in [-0.1, -0.05) is 18.2 Å². The first-order valence-corrected chi connectivity index (χ1v) is 10.9. The van der Waals surface area contributed by atoms with Crippen LogP contribution in [0.15, 0.2) is 41.4 Å². The second kappa shape index (κ2) is 8.38. The predicted octanol–water partition coefficient (Wildman–Crippen LogP) is 2.30. The number of benzene rings is 1. The van der Waals surface area contributed by atoms with E-state index in [1.54, 1.807) is 20.0 Å². The van der Waals surface area contributed by atoms with Gasteiger partial charge < -0.3 is 14.6 Å². The maximum atomic E-state index is 13.2. The molecule has 29 heavy (non-hydrogen) atoms. The zero-order valence-electron chi connectivity index (χ0n) is 16.7. The second-order valence-electron chi connectivity index (χ2n) is 6.97. The van der Waals surface area contributed by atoms with Crippen molar-refractivity contribution in [2.24, 2.45) is 7.05 Å². The Bertz CT molecular complexity index is 1030. The number of carbonyl (C=O) groups is 2. The number of nitrogens with zero attached hydrogens (tertiary/aromatic N) is 2. The van der Waals surface area contributed by atoms with Crippen molar-refractivity contribution in [2.45, 2.75) is 37.6 Å². The highest BCUT2D eigenvalue weighted by Gasteiger charge is 2.40. The Balaban J connectivity index is 1.84. The minimum absolute atomic E-state index is 0.0290. The molecule has 1 amide bonds. The quantitative estimate of drug-likeness (QED) is 0.725. The van der Waals surface area contributed by atoms with Gasteiger partial charge in [0.05, 0.1) is 6.61 Å². The summed E-state index contributed by atoms with van der Waals surface area (Å²) in [6.45, 7) is 4.00. The molecule has 1 aromatic carbocycles. The van der Waals surface area contributed by atoms with E-state index < -0.39 is 22.0 Å². The summed E-state index contributed by atoms with van der Waals surface area (Å²) < 4.78 is 34.0. The lowest BCUT2D eigenvalue weighted by molar-refractivity contribution is -0.119. The lowest BCUT2D eigenvalue weighted by Gasteiger charge is -2.23. The number of hydrogen-bond acceptors (Lipinski definition) is 5. The summed E-state index contributed by atoms with van der Waals surface area (Å²) in [5.74, 6) is -0.950. The van der Waals surface area contributed by atoms with Gasteiger partial charge in [-0.25, -0.2) is 13.2 Å². The van der Waals surface area contributed by atoms with Crippen LogP contribution >= 0.6 is 0 Å². The Morgan fingerprint density at radius 1 is 1.28 bits per heavy atom. The average Bonchev–Trinajstić information content (AvgIpc) is 3.31. The van der Waals surface area contributed by atoms with E-state index in [9.17, 15) is 18.0 Å². The molecule has 0 bridgehead atoms. The van der Waals surface area contributed by atoms with Crippen LogP contribution in [0.2, 0.25) is 0 Å². The van der Waals surface area contributed by atoms with Gasteiger partial charge in [0.15, 0.2) is 0 Å². The van der Waals surface area contributed by atoms with E-state index in [2.05, 4.69) is 5.32 Å². The fraction of sp³-hybridized carbons (Fsp3) is 0.400. The van der Waals surface area contributed by atoms with E-state index in [1.807, 2.05) is 25.1 Å². The monoisotopic (exact) mass is 419 g/mol. The van der Waals surface area contributed by atoms with Crippen LogP contribution in [-0.2, 0) is 26.6 Å². The fourth-order valence-corrected chi connectivity index (χ4v) is 5.17. The molecule has 0 aliphatic carbocycles. The summed E-state index contributed by atoms with van der Waals surface area (Å²) in [5, 5.41) is 2.83. The normalized spacial score (nSPS) is 17.3. The molecule has 156 valence electrons. The first kappa shape index (κ1) is 21.1. The molecule has 1 atom stereocenters. The van der Waals surface area contributed by atoms with Crippen LogP contribution in [0.1, 0.15) is 35.8 Å². The van der Waals surface area contributed by atoms with Crippen LogP contribution in [0.4, 0.5) is 5.69 Å². The van der Waals surface area contributed by atoms with Gasteiger partial charge in [0.25, 0.3) is 0 Å². The van der Waals surface area contributed by atoms with Crippen molar-refractivity contribution in [2.75, 3.05) is 18.5 Å². The molecule has 2 aromatic rings. The molecule has 0 spiro atoms. The first-order valence-electron chi connectivity index (χ1n) is 9.47. The third kappa shape index (κ3) is 4.20. The average molecular weight is 420 g/mol. The van der Waals surface area contributed by atoms with Gasteiger partial charge >= 0.3 is 5.97 Å². The van der Waals surface area contributed by atoms with Crippen LogP contribution < -0.4 is 5.32 Å². The van der Waals surface area contributed by atoms with E-state index in [4.69, 9.17) is 4.74 Å². The number of aromatic nitrogens is 1. The number of aryl methyl sites for hydroxylation is 2. The van der Waals surface area contributed by atoms with E-state index in [-0.39, 0.29) is 29.6 Å². The standard InChI is InChI=1S/C20H25N3O5S/c1-4-28-20(25)18-12-15(13-22(18)3)29(26,27)23-11-7-10-17(23)19(24)21-16-9-6-5-8-14(16)2/h5-6,8-9,12-13,17H,4,7,10-11H2,1-3H3,(H,21,24)/t17-/m1/s1. The Labute approximate surface area is 170 Å². The third-order valence-electron chi connectivity index (χ3n) is 4.98. The Kier molecular flexibility index (Phi) is 6.09. The summed E-state index contributed by atoms with van der Waals surface area (Å²) >= 11 is 0. The van der Waals surface area contributed by atoms with Crippen molar-refractivity contribution in [3.8, 4) is 0 Å². The molecule has 0 saturated carbocycles. The van der Waals surface area contributed by atoms with Gasteiger partial charge in [-0.2, -0.15) is 4.31 Å². The van der Waals surface area contributed by atoms with Crippen LogP contribution in [0.25, 0.3) is 0 Å². The third-order valence-corrected chi connectivity index (χ3v) is 6.85. The van der Waals surface area contributed by atoms with E-state index in [0.29, 0.717) is 18.5 Å². The predicted molar refractivity (Wildman–Crippen MR) is 108 cm³/mol. The zero-order chi connectivity index (χ0) is 21.2. The number of anilines is 1. The largest absolute Gasteiger partial charge is 0.461 e. The van der Waals surface area contributed by atoms with Crippen LogP contribution in [0.3, 0.4) is 0 Å². The van der Waals surface area contributed by atoms with Crippen molar-refractivity contribution in [3.63, 3.8) is 0 Å². The summed E-state index contributed by atoms with van der Waals surface area (Å²) in [4.78, 5) is 24.8. The van der Waals surface area contributed by atoms with Gasteiger partial charge in [0, 0.05) is 25.5 Å². The maximum Gasteiger partial charge on any atom is 0.354 e. The topological polar surface area (TPSA) is 97.7 Å². The molecule has 1 saturated heterocycles. The molecule has 1 aromatic heterocycles. The molecule has 3 rings (SSSR count). The molecule has 9 heteroatoms. The first-order chi connectivity index (χ1) is 13.8. The number of hydrogen-bond donors (Lipinski definition) is 1. The van der Waals surface area contributed by atoms with Gasteiger partial charge in [-0.05, 0) is 44.4 Å². The van der Waals surface area contributed by atoms with Gasteiger partial charge in [-0.15, -0.1) is 0 Å². The summed E-state index contributed by atoms with van der Waals surface area (Å²) in [6, 6.07) is 7.83. The summed E-state index contributed by atoms with van der Waals surface area (Å²) in [6.07, 6.45) is 2.40. The Morgan fingerprint density at radius 3 is 2.69 bits per heavy atom. The molecule has 0 radical (unpaired) electrons. The highest BCUT2D eigenvalue weighted by molar-refractivity contribution is 7.89. The maximum absolute atomic E-state index is 13.2. The second-order valence-corrected chi connectivity index (χ2v) is 8.86. The number of rotatable bonds is 6. The molecule has 2 heterocycles. The molecule has 0 unspecified atom stereocenters. The van der Waals surface area contributed by atoms with E-state index in [0.717, 1.165) is 5.56 Å². The van der Waals surface area contributed by atoms with E-state index in [1.165, 1.54) is 21.1 Å². The van der Waals surface area contributed by atoms with Gasteiger partial charge in [0.1, 0.15) is 16.6 Å². The molecular weight excluding hydrogens is 394 g/mol. The highest BCUT2D eigenvalue weighted by Crippen LogP contribution is 2.28. The minimum atomic E-state index is -3.94. The minimum Gasteiger partial charge on any atom is -0.461 e. The molecule has 1 aliphatic rings. The lowest BCUT2D eigenvalue weighted by atomic mass is 10.1. The van der Waals surface area contributed by atoms with Crippen LogP contribution in [-0.4, -0.2) is 48.4 Å². The van der Waals surface area contributed by atoms with Gasteiger partial charge in [-0.3, -0.25) is 4.79 Å². The highest BCUT2D eigenvalue weighted by atomic mass is 32.2. The molecule has 1 aliphatic heterocycles. The Hall–Kier alpha value is -2.65. The summed E-state index contributed by atoms with van der Waals surface area (Å²) in [5.41, 5.74) is 1.70. The SMILES string of the molecule is CCOC(=O)c1cc(S(=O)(=O)N2CCC[C@@H]2C(=O)Nc2ccccc2C)cn1C. The molecule has 1 N–H and O–H groups in total. The number of nitrogens with one attached hydrogen (secondary N) is 1. The lowest BCUT2D eigenvalue weighted by Crippen LogP contribution is -2.43. The molecular formula is C20H25N3O5S. The number of amides is 1. The van der Waals surface area contributed by atoms with Gasteiger partial charge in [0.2, 0.25) is 15.9 Å². The van der Waals surface area contributed by atoms with Crippen molar-refractivity contribution in [3.05, 3.63) is 47.8 Å². The smallest absolute Gasteiger partial charge is 0.354 e. The summed E-state index contributed by atoms with van der Waals surface area (Å²) in [7, 11) is -2.36. The van der Waals surface area contributed by atoms with Crippen molar-refractivity contribution in [1.29, 1.82) is 0 Å². The van der Waals surface area contributed by atoms with E-state index >= 15 is 0 Å². The van der Waals surface area contributed by atoms with Crippen LogP contribution in [0.5, 0.6) is 0 Å².